The normalized spacial score (nSPS) is 20.0. The zero-order valence-electron chi connectivity index (χ0n) is 13.7. The van der Waals surface area contributed by atoms with Crippen molar-refractivity contribution in [1.29, 1.82) is 0 Å². The van der Waals surface area contributed by atoms with Gasteiger partial charge in [-0.05, 0) is 37.1 Å². The van der Waals surface area contributed by atoms with E-state index in [2.05, 4.69) is 10.3 Å². The molecule has 6 nitrogen and oxygen atoms in total. The molecule has 2 amide bonds. The predicted molar refractivity (Wildman–Crippen MR) is 91.9 cm³/mol. The van der Waals surface area contributed by atoms with Crippen molar-refractivity contribution < 1.29 is 14.3 Å². The molecule has 2 fully saturated rings. The second-order valence-electron chi connectivity index (χ2n) is 6.37. The van der Waals surface area contributed by atoms with E-state index in [0.717, 1.165) is 24.2 Å². The van der Waals surface area contributed by atoms with E-state index in [1.165, 1.54) is 4.90 Å². The summed E-state index contributed by atoms with van der Waals surface area (Å²) in [7, 11) is 0. The number of aromatic nitrogens is 1. The molecule has 1 aliphatic carbocycles. The fraction of sp³-hybridized carbons (Fsp3) is 0.316. The molecular formula is C19H19N3O3. The minimum absolute atomic E-state index is 0.0763. The number of rotatable bonds is 6. The molecule has 4 rings (SSSR count). The average Bonchev–Trinajstić information content (AvgIpc) is 3.41. The number of imide groups is 1. The maximum Gasteiger partial charge on any atom is 0.252 e. The number of anilines is 1. The number of benzene rings is 1. The molecule has 0 bridgehead atoms. The standard InChI is InChI=1S/C19H19N3O3/c23-18-11-17(19(24)22(18)15-7-8-15)21-13-5-3-6-16(10-13)25-12-14-4-1-2-9-20-14/h1-6,9-10,15,17,21H,7-8,11-12H2/t17-/m1/s1. The highest BCUT2D eigenvalue weighted by molar-refractivity contribution is 6.07. The van der Waals surface area contributed by atoms with Gasteiger partial charge in [0, 0.05) is 24.0 Å². The summed E-state index contributed by atoms with van der Waals surface area (Å²) in [5, 5.41) is 3.16. The average molecular weight is 337 g/mol. The third-order valence-corrected chi connectivity index (χ3v) is 4.38. The number of ether oxygens (including phenoxy) is 1. The minimum Gasteiger partial charge on any atom is -0.487 e. The number of carbonyl (C=O) groups excluding carboxylic acids is 2. The molecule has 1 atom stereocenters. The molecule has 0 unspecified atom stereocenters. The number of pyridine rings is 1. The van der Waals surface area contributed by atoms with Crippen LogP contribution in [0.1, 0.15) is 25.0 Å². The molecule has 2 aromatic rings. The van der Waals surface area contributed by atoms with Crippen LogP contribution in [-0.2, 0) is 16.2 Å². The van der Waals surface area contributed by atoms with Crippen LogP contribution in [0.5, 0.6) is 5.75 Å². The highest BCUT2D eigenvalue weighted by Gasteiger charge is 2.46. The molecule has 1 aromatic carbocycles. The molecule has 0 spiro atoms. The number of nitrogens with one attached hydrogen (secondary N) is 1. The van der Waals surface area contributed by atoms with Gasteiger partial charge in [-0.15, -0.1) is 0 Å². The van der Waals surface area contributed by atoms with E-state index in [9.17, 15) is 9.59 Å². The van der Waals surface area contributed by atoms with Crippen LogP contribution >= 0.6 is 0 Å². The number of carbonyl (C=O) groups is 2. The van der Waals surface area contributed by atoms with Gasteiger partial charge in [0.25, 0.3) is 5.91 Å². The Bertz CT molecular complexity index is 790. The van der Waals surface area contributed by atoms with E-state index in [-0.39, 0.29) is 24.3 Å². The van der Waals surface area contributed by atoms with Gasteiger partial charge >= 0.3 is 0 Å². The lowest BCUT2D eigenvalue weighted by Gasteiger charge is -2.15. The van der Waals surface area contributed by atoms with Crippen molar-refractivity contribution in [3.8, 4) is 5.75 Å². The second kappa shape index (κ2) is 6.55. The first-order valence-corrected chi connectivity index (χ1v) is 8.46. The van der Waals surface area contributed by atoms with Crippen molar-refractivity contribution in [2.45, 2.75) is 38.0 Å². The van der Waals surface area contributed by atoms with E-state index in [1.807, 2.05) is 42.5 Å². The summed E-state index contributed by atoms with van der Waals surface area (Å²) in [5.41, 5.74) is 1.61. The van der Waals surface area contributed by atoms with Crippen molar-refractivity contribution in [3.63, 3.8) is 0 Å². The minimum atomic E-state index is -0.487. The van der Waals surface area contributed by atoms with Gasteiger partial charge in [0.05, 0.1) is 12.1 Å². The molecule has 6 heteroatoms. The van der Waals surface area contributed by atoms with Crippen LogP contribution in [-0.4, -0.2) is 33.8 Å². The quantitative estimate of drug-likeness (QED) is 0.820. The lowest BCUT2D eigenvalue weighted by atomic mass is 10.2. The summed E-state index contributed by atoms with van der Waals surface area (Å²) in [6.45, 7) is 0.376. The van der Waals surface area contributed by atoms with Crippen LogP contribution in [0.2, 0.25) is 0 Å². The van der Waals surface area contributed by atoms with Crippen molar-refractivity contribution >= 4 is 17.5 Å². The van der Waals surface area contributed by atoms with Gasteiger partial charge in [0.1, 0.15) is 18.4 Å². The summed E-state index contributed by atoms with van der Waals surface area (Å²) in [5.74, 6) is 0.492. The van der Waals surface area contributed by atoms with Crippen molar-refractivity contribution in [3.05, 3.63) is 54.4 Å². The van der Waals surface area contributed by atoms with Crippen LogP contribution < -0.4 is 10.1 Å². The van der Waals surface area contributed by atoms with Crippen LogP contribution in [0.3, 0.4) is 0 Å². The number of likely N-dealkylation sites (tertiary alicyclic amines) is 1. The maximum absolute atomic E-state index is 12.4. The topological polar surface area (TPSA) is 71.5 Å². The summed E-state index contributed by atoms with van der Waals surface area (Å²) >= 11 is 0. The molecule has 1 aromatic heterocycles. The zero-order valence-corrected chi connectivity index (χ0v) is 13.7. The van der Waals surface area contributed by atoms with Gasteiger partial charge in [-0.3, -0.25) is 19.5 Å². The van der Waals surface area contributed by atoms with Gasteiger partial charge in [0.15, 0.2) is 0 Å². The second-order valence-corrected chi connectivity index (χ2v) is 6.37. The maximum atomic E-state index is 12.4. The highest BCUT2D eigenvalue weighted by Crippen LogP contribution is 2.32. The fourth-order valence-corrected chi connectivity index (χ4v) is 3.00. The molecule has 25 heavy (non-hydrogen) atoms. The summed E-state index contributed by atoms with van der Waals surface area (Å²) in [6.07, 6.45) is 3.81. The number of hydrogen-bond acceptors (Lipinski definition) is 5. The predicted octanol–water partition coefficient (Wildman–Crippen LogP) is 2.36. The van der Waals surface area contributed by atoms with E-state index in [4.69, 9.17) is 4.74 Å². The molecule has 1 saturated carbocycles. The Morgan fingerprint density at radius 2 is 2.04 bits per heavy atom. The van der Waals surface area contributed by atoms with Crippen molar-refractivity contribution in [1.82, 2.24) is 9.88 Å². The van der Waals surface area contributed by atoms with Crippen LogP contribution in [0.25, 0.3) is 0 Å². The Morgan fingerprint density at radius 1 is 1.16 bits per heavy atom. The molecule has 128 valence electrons. The Kier molecular flexibility index (Phi) is 4.09. The van der Waals surface area contributed by atoms with E-state index >= 15 is 0 Å². The lowest BCUT2D eigenvalue weighted by Crippen LogP contribution is -2.36. The van der Waals surface area contributed by atoms with Crippen LogP contribution in [0.4, 0.5) is 5.69 Å². The first-order valence-electron chi connectivity index (χ1n) is 8.46. The number of amides is 2. The van der Waals surface area contributed by atoms with Gasteiger partial charge in [-0.25, -0.2) is 0 Å². The monoisotopic (exact) mass is 337 g/mol. The van der Waals surface area contributed by atoms with Gasteiger partial charge in [-0.1, -0.05) is 12.1 Å². The molecule has 2 aliphatic rings. The molecule has 1 saturated heterocycles. The Balaban J connectivity index is 1.40. The van der Waals surface area contributed by atoms with Crippen molar-refractivity contribution in [2.24, 2.45) is 0 Å². The molecule has 1 aliphatic heterocycles. The van der Waals surface area contributed by atoms with Crippen molar-refractivity contribution in [2.75, 3.05) is 5.32 Å². The molecule has 1 N–H and O–H groups in total. The van der Waals surface area contributed by atoms with Gasteiger partial charge < -0.3 is 10.1 Å². The highest BCUT2D eigenvalue weighted by atomic mass is 16.5. The van der Waals surface area contributed by atoms with Gasteiger partial charge in [0.2, 0.25) is 5.91 Å². The zero-order chi connectivity index (χ0) is 17.2. The smallest absolute Gasteiger partial charge is 0.252 e. The fourth-order valence-electron chi connectivity index (χ4n) is 3.00. The molecule has 0 radical (unpaired) electrons. The Morgan fingerprint density at radius 3 is 2.80 bits per heavy atom. The Labute approximate surface area is 145 Å². The van der Waals surface area contributed by atoms with Gasteiger partial charge in [-0.2, -0.15) is 0 Å². The number of nitrogens with zero attached hydrogens (tertiary/aromatic N) is 2. The largest absolute Gasteiger partial charge is 0.487 e. The van der Waals surface area contributed by atoms with E-state index in [1.54, 1.807) is 6.20 Å². The SMILES string of the molecule is O=C1C[C@@H](Nc2cccc(OCc3ccccn3)c2)C(=O)N1C1CC1. The third kappa shape index (κ3) is 3.47. The van der Waals surface area contributed by atoms with Crippen LogP contribution in [0, 0.1) is 0 Å². The summed E-state index contributed by atoms with van der Waals surface area (Å²) in [6, 6.07) is 12.7. The first kappa shape index (κ1) is 15.6. The number of hydrogen-bond donors (Lipinski definition) is 1. The van der Waals surface area contributed by atoms with E-state index < -0.39 is 6.04 Å². The molecular weight excluding hydrogens is 318 g/mol. The molecule has 2 heterocycles. The first-order chi connectivity index (χ1) is 12.2. The summed E-state index contributed by atoms with van der Waals surface area (Å²) in [4.78, 5) is 30.1. The lowest BCUT2D eigenvalue weighted by molar-refractivity contribution is -0.139. The van der Waals surface area contributed by atoms with Crippen LogP contribution in [0.15, 0.2) is 48.7 Å². The third-order valence-electron chi connectivity index (χ3n) is 4.38. The Hall–Kier alpha value is -2.89. The summed E-state index contributed by atoms with van der Waals surface area (Å²) < 4.78 is 5.75. The van der Waals surface area contributed by atoms with E-state index in [0.29, 0.717) is 12.4 Å².